The van der Waals surface area contributed by atoms with Gasteiger partial charge in [-0.05, 0) is 34.5 Å². The first kappa shape index (κ1) is 11.2. The molecule has 0 aliphatic rings. The number of aromatic nitrogens is 1. The highest BCUT2D eigenvalue weighted by atomic mass is 79.9. The molecule has 0 bridgehead atoms. The van der Waals surface area contributed by atoms with Gasteiger partial charge < -0.3 is 0 Å². The topological polar surface area (TPSA) is 50.9 Å². The van der Waals surface area contributed by atoms with E-state index in [2.05, 4.69) is 39.3 Å². The van der Waals surface area contributed by atoms with E-state index in [1.165, 1.54) is 10.4 Å². The molecule has 1 unspecified atom stereocenters. The monoisotopic (exact) mass is 303 g/mol. The number of thiophene rings is 1. The Morgan fingerprint density at radius 1 is 1.53 bits per heavy atom. The Hall–Kier alpha value is -0.270. The molecule has 0 fully saturated rings. The van der Waals surface area contributed by atoms with Gasteiger partial charge in [-0.25, -0.2) is 5.43 Å². The normalized spacial score (nSPS) is 13.0. The Kier molecular flexibility index (Phi) is 3.53. The molecule has 2 aromatic heterocycles. The summed E-state index contributed by atoms with van der Waals surface area (Å²) in [6, 6.07) is 2.19. The van der Waals surface area contributed by atoms with Crippen molar-refractivity contribution in [3.05, 3.63) is 36.9 Å². The van der Waals surface area contributed by atoms with Gasteiger partial charge in [0.25, 0.3) is 0 Å². The number of hydrogen-bond donors (Lipinski definition) is 2. The van der Waals surface area contributed by atoms with Crippen LogP contribution >= 0.6 is 38.6 Å². The average molecular weight is 304 g/mol. The summed E-state index contributed by atoms with van der Waals surface area (Å²) >= 11 is 6.82. The SMILES string of the molecule is Cc1cc(C(NN)c2cncs2)sc1Br. The van der Waals surface area contributed by atoms with E-state index in [0.717, 1.165) is 8.66 Å². The number of nitrogens with two attached hydrogens (primary N) is 1. The van der Waals surface area contributed by atoms with Gasteiger partial charge in [0.2, 0.25) is 0 Å². The van der Waals surface area contributed by atoms with E-state index in [-0.39, 0.29) is 6.04 Å². The molecule has 0 aliphatic heterocycles. The summed E-state index contributed by atoms with van der Waals surface area (Å²) in [5.41, 5.74) is 5.87. The number of thiazole rings is 1. The van der Waals surface area contributed by atoms with Crippen LogP contribution in [0.3, 0.4) is 0 Å². The fourth-order valence-corrected chi connectivity index (χ4v) is 3.72. The van der Waals surface area contributed by atoms with Gasteiger partial charge in [-0.2, -0.15) is 0 Å². The summed E-state index contributed by atoms with van der Waals surface area (Å²) in [5, 5.41) is 0. The smallest absolute Gasteiger partial charge is 0.0911 e. The molecule has 3 N–H and O–H groups in total. The molecular formula is C9H10BrN3S2. The molecule has 0 radical (unpaired) electrons. The van der Waals surface area contributed by atoms with E-state index in [1.807, 2.05) is 11.7 Å². The van der Waals surface area contributed by atoms with Crippen LogP contribution in [-0.4, -0.2) is 4.98 Å². The molecule has 6 heteroatoms. The van der Waals surface area contributed by atoms with E-state index in [4.69, 9.17) is 5.84 Å². The fraction of sp³-hybridized carbons (Fsp3) is 0.222. The minimum atomic E-state index is 0.0486. The number of halogens is 1. The summed E-state index contributed by atoms with van der Waals surface area (Å²) in [4.78, 5) is 6.39. The number of aryl methyl sites for hydroxylation is 1. The third-order valence-corrected chi connectivity index (χ3v) is 5.11. The third kappa shape index (κ3) is 2.29. The molecule has 2 heterocycles. The molecule has 0 spiro atoms. The first-order valence-electron chi connectivity index (χ1n) is 4.32. The van der Waals surface area contributed by atoms with Gasteiger partial charge in [0.15, 0.2) is 0 Å². The maximum atomic E-state index is 5.58. The van der Waals surface area contributed by atoms with E-state index >= 15 is 0 Å². The summed E-state index contributed by atoms with van der Waals surface area (Å²) in [6.45, 7) is 2.07. The molecule has 80 valence electrons. The largest absolute Gasteiger partial charge is 0.271 e. The van der Waals surface area contributed by atoms with E-state index < -0.39 is 0 Å². The number of hydrazine groups is 1. The number of nitrogens with one attached hydrogen (secondary N) is 1. The molecular weight excluding hydrogens is 294 g/mol. The van der Waals surface area contributed by atoms with Crippen LogP contribution in [0.4, 0.5) is 0 Å². The number of rotatable bonds is 3. The summed E-state index contributed by atoms with van der Waals surface area (Å²) < 4.78 is 1.15. The highest BCUT2D eigenvalue weighted by Crippen LogP contribution is 2.34. The van der Waals surface area contributed by atoms with Gasteiger partial charge in [0, 0.05) is 16.0 Å². The molecule has 0 saturated heterocycles. The van der Waals surface area contributed by atoms with Crippen LogP contribution in [-0.2, 0) is 0 Å². The number of hydrogen-bond acceptors (Lipinski definition) is 5. The highest BCUT2D eigenvalue weighted by molar-refractivity contribution is 9.11. The Balaban J connectivity index is 2.35. The fourth-order valence-electron chi connectivity index (χ4n) is 1.30. The Labute approximate surface area is 104 Å². The van der Waals surface area contributed by atoms with Gasteiger partial charge >= 0.3 is 0 Å². The van der Waals surface area contributed by atoms with Gasteiger partial charge in [-0.15, -0.1) is 22.7 Å². The van der Waals surface area contributed by atoms with Gasteiger partial charge in [0.05, 0.1) is 15.3 Å². The molecule has 2 aromatic rings. The Bertz CT molecular complexity index is 419. The molecule has 0 amide bonds. The van der Waals surface area contributed by atoms with Crippen molar-refractivity contribution in [2.24, 2.45) is 5.84 Å². The molecule has 0 aliphatic carbocycles. The molecule has 15 heavy (non-hydrogen) atoms. The molecule has 0 saturated carbocycles. The van der Waals surface area contributed by atoms with E-state index in [1.54, 1.807) is 22.7 Å². The van der Waals surface area contributed by atoms with Crippen LogP contribution in [0.2, 0.25) is 0 Å². The quantitative estimate of drug-likeness (QED) is 0.677. The second kappa shape index (κ2) is 4.71. The van der Waals surface area contributed by atoms with Gasteiger partial charge in [-0.1, -0.05) is 0 Å². The molecule has 1 atom stereocenters. The minimum Gasteiger partial charge on any atom is -0.271 e. The lowest BCUT2D eigenvalue weighted by Gasteiger charge is -2.10. The van der Waals surface area contributed by atoms with Gasteiger partial charge in [0.1, 0.15) is 0 Å². The first-order chi connectivity index (χ1) is 7.22. The van der Waals surface area contributed by atoms with Crippen molar-refractivity contribution in [2.75, 3.05) is 0 Å². The lowest BCUT2D eigenvalue weighted by atomic mass is 10.2. The second-order valence-electron chi connectivity index (χ2n) is 3.11. The van der Waals surface area contributed by atoms with Crippen LogP contribution in [0.25, 0.3) is 0 Å². The Morgan fingerprint density at radius 3 is 2.80 bits per heavy atom. The maximum Gasteiger partial charge on any atom is 0.0911 e. The maximum absolute atomic E-state index is 5.58. The van der Waals surface area contributed by atoms with Crippen LogP contribution in [0.15, 0.2) is 21.6 Å². The zero-order valence-corrected chi connectivity index (χ0v) is 11.2. The predicted molar refractivity (Wildman–Crippen MR) is 68.0 cm³/mol. The zero-order valence-electron chi connectivity index (χ0n) is 8.03. The van der Waals surface area contributed by atoms with Crippen LogP contribution in [0.5, 0.6) is 0 Å². The lowest BCUT2D eigenvalue weighted by Crippen LogP contribution is -2.27. The zero-order chi connectivity index (χ0) is 10.8. The minimum absolute atomic E-state index is 0.0486. The van der Waals surface area contributed by atoms with E-state index in [0.29, 0.717) is 0 Å². The highest BCUT2D eigenvalue weighted by Gasteiger charge is 2.17. The molecule has 3 nitrogen and oxygen atoms in total. The van der Waals surface area contributed by atoms with Crippen LogP contribution < -0.4 is 11.3 Å². The average Bonchev–Trinajstić information content (AvgIpc) is 2.80. The van der Waals surface area contributed by atoms with E-state index in [9.17, 15) is 0 Å². The van der Waals surface area contributed by atoms with Crippen molar-refractivity contribution >= 4 is 38.6 Å². The van der Waals surface area contributed by atoms with Crippen LogP contribution in [0, 0.1) is 6.92 Å². The van der Waals surface area contributed by atoms with Crippen molar-refractivity contribution in [3.63, 3.8) is 0 Å². The summed E-state index contributed by atoms with van der Waals surface area (Å²) in [6.07, 6.45) is 1.85. The van der Waals surface area contributed by atoms with Crippen molar-refractivity contribution in [2.45, 2.75) is 13.0 Å². The number of nitrogens with zero attached hydrogens (tertiary/aromatic N) is 1. The van der Waals surface area contributed by atoms with Crippen LogP contribution in [0.1, 0.15) is 21.4 Å². The summed E-state index contributed by atoms with van der Waals surface area (Å²) in [7, 11) is 0. The standard InChI is InChI=1S/C9H10BrN3S2/c1-5-2-6(15-9(5)10)8(13-11)7-3-12-4-14-7/h2-4,8,13H,11H2,1H3. The van der Waals surface area contributed by atoms with Gasteiger partial charge in [-0.3, -0.25) is 10.8 Å². The predicted octanol–water partition coefficient (Wildman–Crippen LogP) is 2.83. The first-order valence-corrected chi connectivity index (χ1v) is 6.81. The third-order valence-electron chi connectivity index (χ3n) is 2.06. The molecule has 2 rings (SSSR count). The van der Waals surface area contributed by atoms with Crippen molar-refractivity contribution in [3.8, 4) is 0 Å². The Morgan fingerprint density at radius 2 is 2.33 bits per heavy atom. The van der Waals surface area contributed by atoms with Crippen molar-refractivity contribution < 1.29 is 0 Å². The second-order valence-corrected chi connectivity index (χ2v) is 6.43. The molecule has 0 aromatic carbocycles. The van der Waals surface area contributed by atoms with Crippen molar-refractivity contribution in [1.29, 1.82) is 0 Å². The summed E-state index contributed by atoms with van der Waals surface area (Å²) in [5.74, 6) is 5.58. The van der Waals surface area contributed by atoms with Crippen molar-refractivity contribution in [1.82, 2.24) is 10.4 Å². The lowest BCUT2D eigenvalue weighted by molar-refractivity contribution is 0.655.